The van der Waals surface area contributed by atoms with Gasteiger partial charge < -0.3 is 24.3 Å². The number of aromatic nitrogens is 2. The summed E-state index contributed by atoms with van der Waals surface area (Å²) in [5.74, 6) is 1.87. The predicted molar refractivity (Wildman–Crippen MR) is 541 cm³/mol. The second-order valence-corrected chi connectivity index (χ2v) is 42.3. The molecule has 0 atom stereocenters. The second-order valence-electron chi connectivity index (χ2n) is 35.3. The summed E-state index contributed by atoms with van der Waals surface area (Å²) in [6, 6.07) is 159. The summed E-state index contributed by atoms with van der Waals surface area (Å²) in [4.78, 5) is 14.7. The molecule has 17 aromatic rings. The molecular formula is C118H106Au2N4OP2S. The van der Waals surface area contributed by atoms with Crippen molar-refractivity contribution in [3.8, 4) is 56.2 Å². The molecule has 0 spiro atoms. The summed E-state index contributed by atoms with van der Waals surface area (Å²) in [5, 5.41) is 5.18. The quantitative estimate of drug-likeness (QED) is 0.0485. The third-order valence-electron chi connectivity index (χ3n) is 22.0. The Balaban J connectivity index is 0.000000165. The van der Waals surface area contributed by atoms with Crippen LogP contribution in [0.5, 0.6) is 0 Å². The monoisotopic (exact) mass is 2080 g/mol. The molecule has 0 aliphatic carbocycles. The van der Waals surface area contributed by atoms with Crippen molar-refractivity contribution in [1.82, 2.24) is 9.97 Å². The maximum Gasteiger partial charge on any atom is 3.00 e. The molecular weight excluding hydrogens is 1980 g/mol. The fourth-order valence-corrected chi connectivity index (χ4v) is 20.8. The first-order chi connectivity index (χ1) is 60.8. The first kappa shape index (κ1) is 95.4. The summed E-state index contributed by atoms with van der Waals surface area (Å²) < 4.78 is 14.6. The van der Waals surface area contributed by atoms with Crippen LogP contribution in [0, 0.1) is 36.4 Å². The number of hydrogen-bond donors (Lipinski definition) is 0. The molecule has 0 radical (unpaired) electrons. The van der Waals surface area contributed by atoms with Gasteiger partial charge in [-0.25, -0.2) is 0 Å². The summed E-state index contributed by atoms with van der Waals surface area (Å²) in [6.07, 6.45) is 1.97. The van der Waals surface area contributed by atoms with Crippen LogP contribution in [-0.4, -0.2) is 9.97 Å². The average molecular weight is 2080 g/mol. The Kier molecular flexibility index (Phi) is 32.3. The predicted octanol–water partition coefficient (Wildman–Crippen LogP) is 29.5. The van der Waals surface area contributed by atoms with Crippen LogP contribution >= 0.6 is 13.2 Å². The Hall–Kier alpha value is -11.7. The number of hydrogen-bond acceptors (Lipinski definition) is 6. The molecule has 5 nitrogen and oxygen atoms in total. The number of nitrogens with zero attached hydrogens (tertiary/aromatic N) is 4. The van der Waals surface area contributed by atoms with E-state index in [9.17, 15) is 4.57 Å². The molecule has 17 rings (SSSR count). The first-order valence-corrected chi connectivity index (χ1v) is 47.4. The molecule has 10 heteroatoms. The normalized spacial score (nSPS) is 11.5. The van der Waals surface area contributed by atoms with Crippen LogP contribution in [0.2, 0.25) is 0 Å². The van der Waals surface area contributed by atoms with Crippen LogP contribution in [0.1, 0.15) is 111 Å². The van der Waals surface area contributed by atoms with Crippen molar-refractivity contribution in [2.45, 2.75) is 105 Å². The fourth-order valence-electron chi connectivity index (χ4n) is 14.8. The van der Waals surface area contributed by atoms with Crippen molar-refractivity contribution < 1.29 is 49.3 Å². The minimum Gasteiger partial charge on any atom is -0.345 e. The van der Waals surface area contributed by atoms with E-state index >= 15 is 0 Å². The molecule has 0 amide bonds. The Morgan fingerprint density at radius 2 is 0.523 bits per heavy atom. The summed E-state index contributed by atoms with van der Waals surface area (Å²) in [6.45, 7) is 26.6. The molecule has 0 fully saturated rings. The third kappa shape index (κ3) is 24.2. The Morgan fingerprint density at radius 3 is 0.781 bits per heavy atom. The third-order valence-corrected chi connectivity index (χ3v) is 29.7. The molecule has 0 aliphatic heterocycles. The molecule has 0 unspecified atom stereocenters. The van der Waals surface area contributed by atoms with Gasteiger partial charge in [0.05, 0.1) is 0 Å². The topological polar surface area (TPSA) is 49.3 Å². The first-order valence-electron chi connectivity index (χ1n) is 42.9. The van der Waals surface area contributed by atoms with Gasteiger partial charge in [0.15, 0.2) is 7.14 Å². The van der Waals surface area contributed by atoms with Gasteiger partial charge in [-0.1, -0.05) is 355 Å². The van der Waals surface area contributed by atoms with Crippen LogP contribution < -0.4 is 36.3 Å². The van der Waals surface area contributed by atoms with E-state index in [-0.39, 0.29) is 66.4 Å². The van der Waals surface area contributed by atoms with Crippen molar-refractivity contribution in [3.63, 3.8) is 0 Å². The van der Waals surface area contributed by atoms with E-state index in [4.69, 9.17) is 21.8 Å². The molecule has 642 valence electrons. The van der Waals surface area contributed by atoms with Gasteiger partial charge in [-0.15, -0.1) is 166 Å². The second kappa shape index (κ2) is 43.4. The van der Waals surface area contributed by atoms with Crippen molar-refractivity contribution in [1.29, 1.82) is 0 Å². The summed E-state index contributed by atoms with van der Waals surface area (Å²) in [5.41, 5.74) is 22.4. The Bertz CT molecular complexity index is 5910. The van der Waals surface area contributed by atoms with Crippen LogP contribution in [0.4, 0.5) is 34.1 Å². The smallest absolute Gasteiger partial charge is 0.345 e. The fraction of sp³-hybridized carbons (Fsp3) is 0.136. The van der Waals surface area contributed by atoms with Gasteiger partial charge >= 0.3 is 44.8 Å². The molecule has 15 aromatic carbocycles. The van der Waals surface area contributed by atoms with Crippen LogP contribution in [-0.2, 0) is 82.8 Å². The largest absolute Gasteiger partial charge is 3.00 e. The molecule has 0 N–H and O–H groups in total. The molecule has 0 saturated heterocycles. The van der Waals surface area contributed by atoms with Crippen LogP contribution in [0.3, 0.4) is 0 Å². The summed E-state index contributed by atoms with van der Waals surface area (Å²) in [7, 11) is -3.03. The van der Waals surface area contributed by atoms with E-state index in [0.717, 1.165) is 106 Å². The molecule has 128 heavy (non-hydrogen) atoms. The van der Waals surface area contributed by atoms with Gasteiger partial charge in [0.2, 0.25) is 0 Å². The number of benzene rings is 15. The molecule has 0 bridgehead atoms. The van der Waals surface area contributed by atoms with Crippen LogP contribution in [0.15, 0.2) is 418 Å². The maximum absolute atomic E-state index is 14.6. The number of para-hydroxylation sites is 4. The molecule has 2 heterocycles. The van der Waals surface area contributed by atoms with Gasteiger partial charge in [0, 0.05) is 39.4 Å². The average Bonchev–Trinajstić information content (AvgIpc) is 0.762. The standard InChI is InChI=1S/C43H40NPS.C39H38NOP.2C18H14N.2Au/c1-42(2,3)35-23-17-32(18-24-35)40-29-34(30-41(44-40)33-19-25-36(26-20-33)43(4,5)6)31-21-27-39(28-22-31)45(46,37-13-9-7-10-14-37)38-15-11-8-12-16-38;1-38(2,3)32-21-17-30(18-22-32)36-27-29(28-37(40-36)31-19-23-33(24-20-31)39(4,5)6)25-26-42(41,34-13-9-7-10-14-34)35-15-11-8-12-16-35;2*1-4-10-16(11-5-1)19(17-12-6-2-7-13-17)18-14-8-3-9-15-18;;/h7-17,19,21-30H,1-6H3;7-17,19,21-28H,1-6H3;2*1-2,4-15H;;/q2*-2;2*-1;2*+3/b;26-25+;;;;. The zero-order valence-electron chi connectivity index (χ0n) is 74.5. The van der Waals surface area contributed by atoms with E-state index < -0.39 is 13.2 Å². The van der Waals surface area contributed by atoms with Crippen molar-refractivity contribution in [3.05, 3.63) is 483 Å². The molecule has 0 aliphatic rings. The number of pyridine rings is 2. The van der Waals surface area contributed by atoms with Crippen molar-refractivity contribution >= 4 is 91.7 Å². The van der Waals surface area contributed by atoms with Gasteiger partial charge in [-0.2, -0.15) is 36.4 Å². The van der Waals surface area contributed by atoms with E-state index in [2.05, 4.69) is 420 Å². The SMILES string of the molecule is CC(C)(C)c1c[c-]c(-c2cc(-c3ccc(P(=S)(c4ccccc4)c4ccccc4)cc3)cc(-c3[c-]cc(C(C)(C)C)cc3)n2)cc1.CC(C)(C)c1c[c-]c(-c2cc(/C=C/P(=O)(c3ccccc3)c3ccccc3)cc(-c3[c-]cc(C(C)(C)C)cc3)n2)cc1.[Au+3].[Au+3].[c-]1ccc(N(c2ccccc2)c2ccccc2)cc1.[c-]1ccc(N(c2ccccc2)c2ccccc2)cc1. The van der Waals surface area contributed by atoms with Crippen molar-refractivity contribution in [2.24, 2.45) is 0 Å². The molecule has 2 aromatic heterocycles. The van der Waals surface area contributed by atoms with Gasteiger partial charge in [-0.3, -0.25) is 0 Å². The summed E-state index contributed by atoms with van der Waals surface area (Å²) >= 11 is 6.60. The Morgan fingerprint density at radius 1 is 0.281 bits per heavy atom. The van der Waals surface area contributed by atoms with Crippen LogP contribution in [0.25, 0.3) is 62.2 Å². The van der Waals surface area contributed by atoms with Crippen molar-refractivity contribution in [2.75, 3.05) is 9.80 Å². The minimum absolute atomic E-state index is 0. The maximum atomic E-state index is 14.6. The van der Waals surface area contributed by atoms with E-state index in [0.29, 0.717) is 0 Å². The zero-order chi connectivity index (χ0) is 88.3. The van der Waals surface area contributed by atoms with E-state index in [1.165, 1.54) is 38.2 Å². The van der Waals surface area contributed by atoms with E-state index in [1.807, 2.05) is 133 Å². The van der Waals surface area contributed by atoms with Gasteiger partial charge in [0.1, 0.15) is 0 Å². The van der Waals surface area contributed by atoms with E-state index in [1.54, 1.807) is 0 Å². The van der Waals surface area contributed by atoms with Gasteiger partial charge in [0.25, 0.3) is 0 Å². The number of rotatable bonds is 18. The number of anilines is 6. The Labute approximate surface area is 797 Å². The zero-order valence-corrected chi connectivity index (χ0v) is 81.5. The molecule has 0 saturated carbocycles. The minimum atomic E-state index is -3.03. The van der Waals surface area contributed by atoms with Gasteiger partial charge in [-0.05, 0) is 131 Å².